The van der Waals surface area contributed by atoms with E-state index >= 15 is 0 Å². The van der Waals surface area contributed by atoms with Gasteiger partial charge >= 0.3 is 0 Å². The summed E-state index contributed by atoms with van der Waals surface area (Å²) in [5, 5.41) is 2.05. The Balaban J connectivity index is 0.000000606. The Labute approximate surface area is 101 Å². The maximum atomic E-state index is 5.79. The number of nitrogens with two attached hydrogens (primary N) is 1. The van der Waals surface area contributed by atoms with Crippen LogP contribution in [0.3, 0.4) is 0 Å². The summed E-state index contributed by atoms with van der Waals surface area (Å²) in [4.78, 5) is 5.51. The molecular formula is C13H18N2S. The van der Waals surface area contributed by atoms with Gasteiger partial charge in [-0.3, -0.25) is 4.98 Å². The Morgan fingerprint density at radius 2 is 2.12 bits per heavy atom. The zero-order chi connectivity index (χ0) is 12.0. The van der Waals surface area contributed by atoms with Crippen LogP contribution in [0.15, 0.2) is 29.8 Å². The highest BCUT2D eigenvalue weighted by Gasteiger charge is 2.03. The zero-order valence-corrected chi connectivity index (χ0v) is 10.8. The summed E-state index contributed by atoms with van der Waals surface area (Å²) < 4.78 is 0. The van der Waals surface area contributed by atoms with Crippen LogP contribution in [0.4, 0.5) is 5.69 Å². The summed E-state index contributed by atoms with van der Waals surface area (Å²) >= 11 is 1.70. The van der Waals surface area contributed by atoms with Crippen LogP contribution in [0.1, 0.15) is 26.3 Å². The second-order valence-corrected chi connectivity index (χ2v) is 4.05. The molecule has 0 atom stereocenters. The molecule has 0 spiro atoms. The van der Waals surface area contributed by atoms with E-state index in [0.29, 0.717) is 0 Å². The Morgan fingerprint density at radius 1 is 1.38 bits per heavy atom. The smallest absolute Gasteiger partial charge is 0.0806 e. The Kier molecular flexibility index (Phi) is 4.99. The van der Waals surface area contributed by atoms with E-state index in [-0.39, 0.29) is 0 Å². The minimum absolute atomic E-state index is 0.785. The highest BCUT2D eigenvalue weighted by Crippen LogP contribution is 2.25. The number of rotatable bonds is 2. The SMILES string of the molecule is CC.CCc1cc(-c2cccs2)ncc1N. The third-order valence-corrected chi connectivity index (χ3v) is 3.07. The first kappa shape index (κ1) is 12.7. The standard InChI is InChI=1S/C11H12N2S.C2H6/c1-2-8-6-10(13-7-9(8)12)11-4-3-5-14-11;1-2/h3-7H,2,12H2,1H3;1-2H3. The fourth-order valence-corrected chi connectivity index (χ4v) is 2.07. The van der Waals surface area contributed by atoms with Crippen molar-refractivity contribution in [1.82, 2.24) is 4.98 Å². The molecule has 0 aromatic carbocycles. The molecule has 0 aliphatic heterocycles. The molecule has 86 valence electrons. The highest BCUT2D eigenvalue weighted by molar-refractivity contribution is 7.13. The third-order valence-electron chi connectivity index (χ3n) is 2.18. The lowest BCUT2D eigenvalue weighted by atomic mass is 10.1. The van der Waals surface area contributed by atoms with Gasteiger partial charge < -0.3 is 5.73 Å². The van der Waals surface area contributed by atoms with Gasteiger partial charge in [0.1, 0.15) is 0 Å². The van der Waals surface area contributed by atoms with Crippen LogP contribution in [-0.4, -0.2) is 4.98 Å². The molecule has 2 aromatic heterocycles. The molecule has 2 heterocycles. The summed E-state index contributed by atoms with van der Waals surface area (Å²) in [6.07, 6.45) is 2.70. The molecule has 2 nitrogen and oxygen atoms in total. The van der Waals surface area contributed by atoms with Crippen LogP contribution in [0.5, 0.6) is 0 Å². The summed E-state index contributed by atoms with van der Waals surface area (Å²) in [6, 6.07) is 6.17. The van der Waals surface area contributed by atoms with Crippen LogP contribution in [-0.2, 0) is 6.42 Å². The van der Waals surface area contributed by atoms with Crippen LogP contribution < -0.4 is 5.73 Å². The van der Waals surface area contributed by atoms with Gasteiger partial charge in [-0.25, -0.2) is 0 Å². The number of nitrogen functional groups attached to an aromatic ring is 1. The van der Waals surface area contributed by atoms with Crippen LogP contribution in [0, 0.1) is 0 Å². The summed E-state index contributed by atoms with van der Waals surface area (Å²) in [6.45, 7) is 6.10. The first-order chi connectivity index (χ1) is 7.81. The van der Waals surface area contributed by atoms with Crippen molar-refractivity contribution in [1.29, 1.82) is 0 Å². The summed E-state index contributed by atoms with van der Waals surface area (Å²) in [5.41, 5.74) is 8.77. The lowest BCUT2D eigenvalue weighted by molar-refractivity contribution is 1.13. The molecule has 0 bridgehead atoms. The number of aromatic nitrogens is 1. The molecule has 0 radical (unpaired) electrons. The number of hydrogen-bond acceptors (Lipinski definition) is 3. The largest absolute Gasteiger partial charge is 0.397 e. The first-order valence-electron chi connectivity index (χ1n) is 5.59. The average molecular weight is 234 g/mol. The second kappa shape index (κ2) is 6.28. The van der Waals surface area contributed by atoms with E-state index in [2.05, 4.69) is 29.4 Å². The van der Waals surface area contributed by atoms with Gasteiger partial charge in [0.2, 0.25) is 0 Å². The number of aryl methyl sites for hydroxylation is 1. The third kappa shape index (κ3) is 2.83. The number of anilines is 1. The van der Waals surface area contributed by atoms with Gasteiger partial charge in [0, 0.05) is 0 Å². The van der Waals surface area contributed by atoms with Gasteiger partial charge in [-0.1, -0.05) is 26.8 Å². The molecule has 2 rings (SSSR count). The van der Waals surface area contributed by atoms with Gasteiger partial charge in [0.15, 0.2) is 0 Å². The number of pyridine rings is 1. The lowest BCUT2D eigenvalue weighted by Crippen LogP contribution is -1.94. The normalized spacial score (nSPS) is 9.44. The molecule has 0 aliphatic carbocycles. The van der Waals surface area contributed by atoms with Gasteiger partial charge in [-0.15, -0.1) is 11.3 Å². The van der Waals surface area contributed by atoms with E-state index in [1.165, 1.54) is 10.4 Å². The second-order valence-electron chi connectivity index (χ2n) is 3.10. The van der Waals surface area contributed by atoms with E-state index in [4.69, 9.17) is 5.73 Å². The predicted molar refractivity (Wildman–Crippen MR) is 72.7 cm³/mol. The van der Waals surface area contributed by atoms with E-state index in [0.717, 1.165) is 17.8 Å². The monoisotopic (exact) mass is 234 g/mol. The minimum atomic E-state index is 0.785. The molecule has 0 saturated carbocycles. The Morgan fingerprint density at radius 3 is 2.69 bits per heavy atom. The molecular weight excluding hydrogens is 216 g/mol. The van der Waals surface area contributed by atoms with E-state index in [9.17, 15) is 0 Å². The van der Waals surface area contributed by atoms with Crippen molar-refractivity contribution in [3.05, 3.63) is 35.3 Å². The maximum Gasteiger partial charge on any atom is 0.0806 e. The van der Waals surface area contributed by atoms with Crippen molar-refractivity contribution in [2.24, 2.45) is 0 Å². The molecule has 3 heteroatoms. The Hall–Kier alpha value is -1.35. The predicted octanol–water partition coefficient (Wildman–Crippen LogP) is 3.98. The van der Waals surface area contributed by atoms with Crippen molar-refractivity contribution in [3.8, 4) is 10.6 Å². The van der Waals surface area contributed by atoms with E-state index in [1.54, 1.807) is 17.5 Å². The maximum absolute atomic E-state index is 5.79. The lowest BCUT2D eigenvalue weighted by Gasteiger charge is -2.03. The van der Waals surface area contributed by atoms with Crippen molar-refractivity contribution in [2.45, 2.75) is 27.2 Å². The summed E-state index contributed by atoms with van der Waals surface area (Å²) in [5.74, 6) is 0. The Bertz CT molecular complexity index is 422. The number of nitrogens with zero attached hydrogens (tertiary/aromatic N) is 1. The van der Waals surface area contributed by atoms with Crippen molar-refractivity contribution >= 4 is 17.0 Å². The highest BCUT2D eigenvalue weighted by atomic mass is 32.1. The first-order valence-corrected chi connectivity index (χ1v) is 6.47. The van der Waals surface area contributed by atoms with Gasteiger partial charge in [-0.05, 0) is 29.5 Å². The molecule has 0 unspecified atom stereocenters. The van der Waals surface area contributed by atoms with Gasteiger partial charge in [-0.2, -0.15) is 0 Å². The molecule has 16 heavy (non-hydrogen) atoms. The van der Waals surface area contributed by atoms with Gasteiger partial charge in [0.25, 0.3) is 0 Å². The number of hydrogen-bond donors (Lipinski definition) is 1. The quantitative estimate of drug-likeness (QED) is 0.853. The molecule has 0 aliphatic rings. The zero-order valence-electron chi connectivity index (χ0n) is 10.0. The topological polar surface area (TPSA) is 38.9 Å². The van der Waals surface area contributed by atoms with Crippen LogP contribution >= 0.6 is 11.3 Å². The van der Waals surface area contributed by atoms with Crippen LogP contribution in [0.2, 0.25) is 0 Å². The van der Waals surface area contributed by atoms with Crippen molar-refractivity contribution in [2.75, 3.05) is 5.73 Å². The molecule has 2 aromatic rings. The van der Waals surface area contributed by atoms with Crippen molar-refractivity contribution < 1.29 is 0 Å². The molecule has 0 amide bonds. The molecule has 0 fully saturated rings. The number of thiophene rings is 1. The molecule has 2 N–H and O–H groups in total. The van der Waals surface area contributed by atoms with E-state index < -0.39 is 0 Å². The summed E-state index contributed by atoms with van der Waals surface area (Å²) in [7, 11) is 0. The van der Waals surface area contributed by atoms with Crippen LogP contribution in [0.25, 0.3) is 10.6 Å². The fraction of sp³-hybridized carbons (Fsp3) is 0.308. The fourth-order valence-electron chi connectivity index (χ4n) is 1.37. The average Bonchev–Trinajstić information content (AvgIpc) is 2.86. The van der Waals surface area contributed by atoms with Gasteiger partial charge in [0.05, 0.1) is 22.5 Å². The molecule has 0 saturated heterocycles. The van der Waals surface area contributed by atoms with Crippen molar-refractivity contribution in [3.63, 3.8) is 0 Å². The minimum Gasteiger partial charge on any atom is -0.397 e. The van der Waals surface area contributed by atoms with E-state index in [1.807, 2.05) is 19.9 Å².